The maximum absolute atomic E-state index is 12.3. The van der Waals surface area contributed by atoms with Gasteiger partial charge in [0, 0.05) is 23.2 Å². The Morgan fingerprint density at radius 1 is 1.42 bits per heavy atom. The average Bonchev–Trinajstić information content (AvgIpc) is 3.22. The number of hydrogen-bond donors (Lipinski definition) is 4. The van der Waals surface area contributed by atoms with Gasteiger partial charge in [0.05, 0.1) is 26.9 Å². The van der Waals surface area contributed by atoms with Gasteiger partial charge in [-0.25, -0.2) is 0 Å². The highest BCUT2D eigenvalue weighted by atomic mass is 35.5. The molecule has 0 aliphatic heterocycles. The van der Waals surface area contributed by atoms with Crippen LogP contribution in [-0.2, 0) is 0 Å². The van der Waals surface area contributed by atoms with Crippen molar-refractivity contribution >= 4 is 40.2 Å². The van der Waals surface area contributed by atoms with Crippen LogP contribution in [0.1, 0.15) is 46.5 Å². The molecule has 24 heavy (non-hydrogen) atoms. The van der Waals surface area contributed by atoms with E-state index in [0.29, 0.717) is 21.2 Å². The molecule has 1 aliphatic rings. The molecule has 6 nitrogen and oxygen atoms in total. The van der Waals surface area contributed by atoms with Gasteiger partial charge in [-0.15, -0.1) is 11.3 Å². The maximum atomic E-state index is 12.3. The van der Waals surface area contributed by atoms with E-state index < -0.39 is 11.5 Å². The topological polar surface area (TPSA) is 112 Å². The first-order chi connectivity index (χ1) is 11.5. The minimum absolute atomic E-state index is 0.0167. The lowest BCUT2D eigenvalue weighted by Crippen LogP contribution is -2.24. The van der Waals surface area contributed by atoms with Crippen molar-refractivity contribution in [3.8, 4) is 0 Å². The molecule has 0 bridgehead atoms. The van der Waals surface area contributed by atoms with E-state index in [1.807, 2.05) is 0 Å². The quantitative estimate of drug-likeness (QED) is 0.612. The number of thiophene rings is 1. The predicted molar refractivity (Wildman–Crippen MR) is 96.7 cm³/mol. The second-order valence-electron chi connectivity index (χ2n) is 5.78. The third-order valence-electron chi connectivity index (χ3n) is 4.13. The van der Waals surface area contributed by atoms with Crippen LogP contribution in [-0.4, -0.2) is 22.6 Å². The summed E-state index contributed by atoms with van der Waals surface area (Å²) < 4.78 is 0. The Labute approximate surface area is 147 Å². The number of aromatic amines is 1. The van der Waals surface area contributed by atoms with Gasteiger partial charge in [-0.05, 0) is 18.9 Å². The second-order valence-corrected chi connectivity index (χ2v) is 7.10. The Hall–Kier alpha value is -2.12. The van der Waals surface area contributed by atoms with Gasteiger partial charge in [0.15, 0.2) is 0 Å². The van der Waals surface area contributed by atoms with Crippen LogP contribution in [0, 0.1) is 5.41 Å². The van der Waals surface area contributed by atoms with Crippen molar-refractivity contribution in [2.75, 3.05) is 5.32 Å². The second kappa shape index (κ2) is 6.78. The monoisotopic (exact) mass is 364 g/mol. The Balaban J connectivity index is 2.01. The number of pyridine rings is 1. The van der Waals surface area contributed by atoms with Crippen LogP contribution in [0.4, 0.5) is 5.69 Å². The molecule has 1 saturated carbocycles. The third-order valence-corrected chi connectivity index (χ3v) is 5.37. The van der Waals surface area contributed by atoms with E-state index in [0.717, 1.165) is 37.0 Å². The van der Waals surface area contributed by atoms with Gasteiger partial charge in [-0.2, -0.15) is 0 Å². The summed E-state index contributed by atoms with van der Waals surface area (Å²) in [6, 6.07) is 1.77. The number of carbonyl (C=O) groups excluding carboxylic acids is 1. The highest BCUT2D eigenvalue weighted by Crippen LogP contribution is 2.30. The van der Waals surface area contributed by atoms with Crippen molar-refractivity contribution in [3.05, 3.63) is 49.0 Å². The van der Waals surface area contributed by atoms with E-state index in [1.54, 1.807) is 5.38 Å². The Bertz CT molecular complexity index is 852. The van der Waals surface area contributed by atoms with Gasteiger partial charge in [0.2, 0.25) is 0 Å². The van der Waals surface area contributed by atoms with E-state index in [9.17, 15) is 9.59 Å². The summed E-state index contributed by atoms with van der Waals surface area (Å²) in [5, 5.41) is 13.7. The van der Waals surface area contributed by atoms with Gasteiger partial charge < -0.3 is 16.0 Å². The van der Waals surface area contributed by atoms with Gasteiger partial charge in [-0.1, -0.05) is 24.4 Å². The summed E-state index contributed by atoms with van der Waals surface area (Å²) in [5.41, 5.74) is 6.01. The molecule has 0 saturated heterocycles. The molecule has 0 unspecified atom stereocenters. The van der Waals surface area contributed by atoms with Gasteiger partial charge in [0.25, 0.3) is 11.5 Å². The fourth-order valence-corrected chi connectivity index (χ4v) is 3.86. The summed E-state index contributed by atoms with van der Waals surface area (Å²) in [5.74, 6) is -0.552. The molecule has 0 atom stereocenters. The zero-order valence-corrected chi connectivity index (χ0v) is 14.4. The molecule has 1 fully saturated rings. The summed E-state index contributed by atoms with van der Waals surface area (Å²) in [6.07, 6.45) is 5.73. The molecule has 2 aromatic rings. The van der Waals surface area contributed by atoms with E-state index in [2.05, 4.69) is 10.3 Å². The van der Waals surface area contributed by atoms with Crippen molar-refractivity contribution in [2.45, 2.75) is 31.7 Å². The Kier molecular flexibility index (Phi) is 4.73. The number of amides is 1. The first kappa shape index (κ1) is 16.7. The summed E-state index contributed by atoms with van der Waals surface area (Å²) in [7, 11) is 0. The molecule has 5 N–H and O–H groups in total. The molecule has 0 radical (unpaired) electrons. The van der Waals surface area contributed by atoms with Crippen molar-refractivity contribution in [3.63, 3.8) is 0 Å². The van der Waals surface area contributed by atoms with Gasteiger partial charge in [0.1, 0.15) is 0 Å². The van der Waals surface area contributed by atoms with Crippen LogP contribution in [0.3, 0.4) is 0 Å². The largest absolute Gasteiger partial charge is 0.380 e. The molecule has 126 valence electrons. The Morgan fingerprint density at radius 2 is 2.12 bits per heavy atom. The number of primary amides is 1. The maximum Gasteiger partial charge on any atom is 0.259 e. The van der Waals surface area contributed by atoms with E-state index >= 15 is 0 Å². The standard InChI is InChI=1S/C16H17ClN4O2S/c17-10-6-20-16(23)12(14(10)21-9-3-1-2-4-9)13(18)8-5-11(15(19)22)24-7-8/h5-7,9,18H,1-4H2,(H2,19,22)(H2,20,21,23). The Morgan fingerprint density at radius 3 is 2.75 bits per heavy atom. The minimum Gasteiger partial charge on any atom is -0.380 e. The van der Waals surface area contributed by atoms with Crippen molar-refractivity contribution in [1.82, 2.24) is 4.98 Å². The average molecular weight is 365 g/mol. The molecule has 0 aromatic carbocycles. The molecule has 8 heteroatoms. The molecule has 2 heterocycles. The number of H-pyrrole nitrogens is 1. The van der Waals surface area contributed by atoms with Crippen LogP contribution < -0.4 is 16.6 Å². The number of nitrogens with one attached hydrogen (secondary N) is 3. The van der Waals surface area contributed by atoms with E-state index in [-0.39, 0.29) is 17.3 Å². The van der Waals surface area contributed by atoms with Gasteiger partial charge >= 0.3 is 0 Å². The van der Waals surface area contributed by atoms with E-state index in [1.165, 1.54) is 12.3 Å². The number of carbonyl (C=O) groups is 1. The predicted octanol–water partition coefficient (Wildman–Crippen LogP) is 2.96. The van der Waals surface area contributed by atoms with Crippen LogP contribution in [0.5, 0.6) is 0 Å². The molecule has 2 aromatic heterocycles. The summed E-state index contributed by atoms with van der Waals surface area (Å²) in [6.45, 7) is 0. The molecule has 3 rings (SSSR count). The number of anilines is 1. The van der Waals surface area contributed by atoms with E-state index in [4.69, 9.17) is 22.7 Å². The highest BCUT2D eigenvalue weighted by Gasteiger charge is 2.23. The fourth-order valence-electron chi connectivity index (χ4n) is 2.90. The number of aromatic nitrogens is 1. The third kappa shape index (κ3) is 3.22. The van der Waals surface area contributed by atoms with Crippen LogP contribution in [0.2, 0.25) is 5.02 Å². The molecule has 0 spiro atoms. The van der Waals surface area contributed by atoms with Crippen LogP contribution in [0.15, 0.2) is 22.4 Å². The van der Waals surface area contributed by atoms with Crippen LogP contribution in [0.25, 0.3) is 0 Å². The molecular formula is C16H17ClN4O2S. The number of halogens is 1. The smallest absolute Gasteiger partial charge is 0.259 e. The lowest BCUT2D eigenvalue weighted by atomic mass is 10.0. The fraction of sp³-hybridized carbons (Fsp3) is 0.312. The minimum atomic E-state index is -0.552. The van der Waals surface area contributed by atoms with Gasteiger partial charge in [-0.3, -0.25) is 15.0 Å². The van der Waals surface area contributed by atoms with Crippen molar-refractivity contribution < 1.29 is 4.79 Å². The molecular weight excluding hydrogens is 348 g/mol. The normalized spacial score (nSPS) is 14.7. The van der Waals surface area contributed by atoms with Crippen molar-refractivity contribution in [2.24, 2.45) is 5.73 Å². The zero-order chi connectivity index (χ0) is 17.3. The summed E-state index contributed by atoms with van der Waals surface area (Å²) >= 11 is 7.41. The number of nitrogens with two attached hydrogens (primary N) is 1. The molecule has 1 aliphatic carbocycles. The first-order valence-electron chi connectivity index (χ1n) is 7.62. The SMILES string of the molecule is N=C(c1csc(C(N)=O)c1)c1c(NC2CCCC2)c(Cl)c[nH]c1=O. The first-order valence-corrected chi connectivity index (χ1v) is 8.88. The summed E-state index contributed by atoms with van der Waals surface area (Å²) in [4.78, 5) is 26.5. The lowest BCUT2D eigenvalue weighted by Gasteiger charge is -2.18. The molecule has 1 amide bonds. The van der Waals surface area contributed by atoms with Crippen LogP contribution >= 0.6 is 22.9 Å². The highest BCUT2D eigenvalue weighted by molar-refractivity contribution is 7.12. The number of hydrogen-bond acceptors (Lipinski definition) is 5. The van der Waals surface area contributed by atoms with Crippen molar-refractivity contribution in [1.29, 1.82) is 5.41 Å². The number of rotatable bonds is 5. The lowest BCUT2D eigenvalue weighted by molar-refractivity contribution is 0.100. The zero-order valence-electron chi connectivity index (χ0n) is 12.8.